The van der Waals surface area contributed by atoms with Crippen molar-refractivity contribution in [1.82, 2.24) is 5.32 Å². The summed E-state index contributed by atoms with van der Waals surface area (Å²) < 4.78 is 4.82. The minimum Gasteiger partial charge on any atom is -0.480 e. The molecule has 0 bridgehead atoms. The van der Waals surface area contributed by atoms with Crippen molar-refractivity contribution in [3.8, 4) is 0 Å². The smallest absolute Gasteiger partial charge is 0.326 e. The van der Waals surface area contributed by atoms with E-state index in [1.807, 2.05) is 12.1 Å². The molecule has 0 spiro atoms. The van der Waals surface area contributed by atoms with E-state index in [-0.39, 0.29) is 25.4 Å². The van der Waals surface area contributed by atoms with Crippen molar-refractivity contribution in [2.24, 2.45) is 0 Å². The van der Waals surface area contributed by atoms with Gasteiger partial charge in [0.15, 0.2) is 0 Å². The first-order chi connectivity index (χ1) is 9.52. The number of amides is 1. The normalized spacial score (nSPS) is 11.9. The molecule has 1 amide bonds. The van der Waals surface area contributed by atoms with Crippen molar-refractivity contribution in [2.75, 3.05) is 13.7 Å². The van der Waals surface area contributed by atoms with Crippen LogP contribution in [0.15, 0.2) is 24.3 Å². The Bertz CT molecular complexity index is 447. The molecule has 1 atom stereocenters. The second-order valence-electron chi connectivity index (χ2n) is 4.37. The number of ether oxygens (including phenoxy) is 1. The number of carboxylic acids is 1. The molecule has 0 heterocycles. The van der Waals surface area contributed by atoms with E-state index < -0.39 is 12.0 Å². The van der Waals surface area contributed by atoms with E-state index in [1.165, 1.54) is 7.11 Å². The molecular formula is C14H18ClNO4. The van der Waals surface area contributed by atoms with Crippen molar-refractivity contribution in [1.29, 1.82) is 0 Å². The lowest BCUT2D eigenvalue weighted by Crippen LogP contribution is -2.41. The first-order valence-electron chi connectivity index (χ1n) is 6.28. The maximum absolute atomic E-state index is 11.7. The van der Waals surface area contributed by atoms with E-state index in [9.17, 15) is 9.59 Å². The molecule has 0 aliphatic carbocycles. The largest absolute Gasteiger partial charge is 0.480 e. The number of carbonyl (C=O) groups excluding carboxylic acids is 1. The highest BCUT2D eigenvalue weighted by Crippen LogP contribution is 2.11. The van der Waals surface area contributed by atoms with Gasteiger partial charge in [0.2, 0.25) is 5.91 Å². The van der Waals surface area contributed by atoms with Crippen molar-refractivity contribution in [3.05, 3.63) is 34.9 Å². The summed E-state index contributed by atoms with van der Waals surface area (Å²) in [6, 6.07) is 6.29. The Balaban J connectivity index is 2.41. The molecule has 0 aromatic heterocycles. The van der Waals surface area contributed by atoms with Crippen molar-refractivity contribution < 1.29 is 19.4 Å². The average Bonchev–Trinajstić information content (AvgIpc) is 2.42. The van der Waals surface area contributed by atoms with Gasteiger partial charge >= 0.3 is 5.97 Å². The molecule has 2 N–H and O–H groups in total. The molecule has 0 aliphatic rings. The molecule has 1 unspecified atom stereocenters. The van der Waals surface area contributed by atoms with Gasteiger partial charge in [-0.1, -0.05) is 23.7 Å². The fourth-order valence-electron chi connectivity index (χ4n) is 1.67. The van der Waals surface area contributed by atoms with E-state index in [4.69, 9.17) is 21.4 Å². The summed E-state index contributed by atoms with van der Waals surface area (Å²) in [5.74, 6) is -1.34. The minimum absolute atomic E-state index is 0.235. The van der Waals surface area contributed by atoms with Gasteiger partial charge in [0, 0.05) is 31.6 Å². The number of nitrogens with one attached hydrogen (secondary N) is 1. The zero-order chi connectivity index (χ0) is 15.0. The van der Waals surface area contributed by atoms with Crippen LogP contribution < -0.4 is 5.32 Å². The lowest BCUT2D eigenvalue weighted by molar-refractivity contribution is -0.142. The second kappa shape index (κ2) is 8.55. The summed E-state index contributed by atoms with van der Waals surface area (Å²) in [7, 11) is 1.49. The first kappa shape index (κ1) is 16.5. The second-order valence-corrected chi connectivity index (χ2v) is 4.80. The predicted octanol–water partition coefficient (Wildman–Crippen LogP) is 1.88. The van der Waals surface area contributed by atoms with Crippen LogP contribution in [0.25, 0.3) is 0 Å². The van der Waals surface area contributed by atoms with E-state index in [1.54, 1.807) is 12.1 Å². The van der Waals surface area contributed by atoms with Gasteiger partial charge in [0.25, 0.3) is 0 Å². The Morgan fingerprint density at radius 2 is 2.00 bits per heavy atom. The molecule has 0 aliphatic heterocycles. The highest BCUT2D eigenvalue weighted by molar-refractivity contribution is 6.30. The van der Waals surface area contributed by atoms with E-state index in [2.05, 4.69) is 5.32 Å². The molecule has 1 aromatic carbocycles. The lowest BCUT2D eigenvalue weighted by atomic mass is 10.1. The molecule has 110 valence electrons. The molecule has 6 heteroatoms. The van der Waals surface area contributed by atoms with Crippen LogP contribution in [-0.4, -0.2) is 36.7 Å². The summed E-state index contributed by atoms with van der Waals surface area (Å²) >= 11 is 5.77. The minimum atomic E-state index is -1.05. The van der Waals surface area contributed by atoms with Crippen molar-refractivity contribution in [3.63, 3.8) is 0 Å². The maximum atomic E-state index is 11.7. The monoisotopic (exact) mass is 299 g/mol. The molecule has 1 aromatic rings. The lowest BCUT2D eigenvalue weighted by Gasteiger charge is -2.14. The van der Waals surface area contributed by atoms with E-state index in [0.717, 1.165) is 5.56 Å². The molecule has 0 fully saturated rings. The zero-order valence-electron chi connectivity index (χ0n) is 11.3. The number of carbonyl (C=O) groups is 2. The van der Waals surface area contributed by atoms with Crippen LogP contribution >= 0.6 is 11.6 Å². The number of methoxy groups -OCH3 is 1. The highest BCUT2D eigenvalue weighted by Gasteiger charge is 2.19. The third kappa shape index (κ3) is 6.04. The molecule has 5 nitrogen and oxygen atoms in total. The number of benzene rings is 1. The topological polar surface area (TPSA) is 75.6 Å². The molecule has 0 saturated carbocycles. The van der Waals surface area contributed by atoms with Gasteiger partial charge in [-0.2, -0.15) is 0 Å². The molecule has 0 saturated heterocycles. The first-order valence-corrected chi connectivity index (χ1v) is 6.66. The van der Waals surface area contributed by atoms with Gasteiger partial charge in [0.1, 0.15) is 6.04 Å². The van der Waals surface area contributed by atoms with Gasteiger partial charge in [-0.25, -0.2) is 4.79 Å². The van der Waals surface area contributed by atoms with Crippen LogP contribution in [0, 0.1) is 0 Å². The highest BCUT2D eigenvalue weighted by atomic mass is 35.5. The molecule has 1 rings (SSSR count). The summed E-state index contributed by atoms with van der Waals surface area (Å²) in [5.41, 5.74) is 0.980. The van der Waals surface area contributed by atoms with Gasteiger partial charge in [-0.15, -0.1) is 0 Å². The molecule has 20 heavy (non-hydrogen) atoms. The SMILES string of the molecule is COCCC(NC(=O)CCc1ccc(Cl)cc1)C(=O)O. The van der Waals surface area contributed by atoms with E-state index in [0.29, 0.717) is 11.4 Å². The number of halogens is 1. The van der Waals surface area contributed by atoms with Gasteiger partial charge in [-0.3, -0.25) is 4.79 Å². The van der Waals surface area contributed by atoms with Gasteiger partial charge in [0.05, 0.1) is 0 Å². The van der Waals surface area contributed by atoms with Crippen LogP contribution in [0.2, 0.25) is 5.02 Å². The molecule has 0 radical (unpaired) electrons. The van der Waals surface area contributed by atoms with Crippen LogP contribution in [-0.2, 0) is 20.7 Å². The average molecular weight is 300 g/mol. The Morgan fingerprint density at radius 3 is 2.55 bits per heavy atom. The van der Waals surface area contributed by atoms with Crippen LogP contribution in [0.4, 0.5) is 0 Å². The number of hydrogen-bond acceptors (Lipinski definition) is 3. The third-order valence-electron chi connectivity index (χ3n) is 2.80. The van der Waals surface area contributed by atoms with E-state index >= 15 is 0 Å². The van der Waals surface area contributed by atoms with Crippen LogP contribution in [0.3, 0.4) is 0 Å². The number of carboxylic acid groups (broad SMARTS) is 1. The number of aryl methyl sites for hydroxylation is 1. The fraction of sp³-hybridized carbons (Fsp3) is 0.429. The Morgan fingerprint density at radius 1 is 1.35 bits per heavy atom. The standard InChI is InChI=1S/C14H18ClNO4/c1-20-9-8-12(14(18)19)16-13(17)7-4-10-2-5-11(15)6-3-10/h2-3,5-6,12H,4,7-9H2,1H3,(H,16,17)(H,18,19). The van der Waals surface area contributed by atoms with Gasteiger partial charge in [-0.05, 0) is 24.1 Å². The predicted molar refractivity (Wildman–Crippen MR) is 75.8 cm³/mol. The van der Waals surface area contributed by atoms with Crippen LogP contribution in [0.5, 0.6) is 0 Å². The Labute approximate surface area is 122 Å². The summed E-state index contributed by atoms with van der Waals surface area (Å²) in [6.45, 7) is 0.286. The summed E-state index contributed by atoms with van der Waals surface area (Å²) in [6.07, 6.45) is 1.02. The third-order valence-corrected chi connectivity index (χ3v) is 3.05. The quantitative estimate of drug-likeness (QED) is 0.768. The number of rotatable bonds is 8. The zero-order valence-corrected chi connectivity index (χ0v) is 12.0. The van der Waals surface area contributed by atoms with Crippen LogP contribution in [0.1, 0.15) is 18.4 Å². The Kier molecular flexibility index (Phi) is 7.04. The fourth-order valence-corrected chi connectivity index (χ4v) is 1.79. The number of hydrogen-bond donors (Lipinski definition) is 2. The summed E-state index contributed by atoms with van der Waals surface area (Å²) in [4.78, 5) is 22.7. The van der Waals surface area contributed by atoms with Gasteiger partial charge < -0.3 is 15.2 Å². The van der Waals surface area contributed by atoms with Crippen molar-refractivity contribution >= 4 is 23.5 Å². The maximum Gasteiger partial charge on any atom is 0.326 e. The van der Waals surface area contributed by atoms with Crippen molar-refractivity contribution in [2.45, 2.75) is 25.3 Å². The summed E-state index contributed by atoms with van der Waals surface area (Å²) in [5, 5.41) is 12.1. The Hall–Kier alpha value is -1.59. The molecular weight excluding hydrogens is 282 g/mol. The number of aliphatic carboxylic acids is 1.